The maximum atomic E-state index is 12.3. The molecule has 2 N–H and O–H groups in total. The fourth-order valence-corrected chi connectivity index (χ4v) is 3.16. The third-order valence-corrected chi connectivity index (χ3v) is 4.99. The van der Waals surface area contributed by atoms with Gasteiger partial charge in [0.1, 0.15) is 11.5 Å². The van der Waals surface area contributed by atoms with Crippen molar-refractivity contribution in [2.24, 2.45) is 7.05 Å². The van der Waals surface area contributed by atoms with Crippen molar-refractivity contribution < 1.29 is 14.1 Å². The Morgan fingerprint density at radius 3 is 2.52 bits per heavy atom. The molecule has 3 heterocycles. The van der Waals surface area contributed by atoms with E-state index in [1.807, 2.05) is 47.0 Å². The van der Waals surface area contributed by atoms with Crippen LogP contribution in [-0.2, 0) is 12.5 Å². The van der Waals surface area contributed by atoms with Crippen LogP contribution in [0.25, 0.3) is 11.3 Å². The van der Waals surface area contributed by atoms with Gasteiger partial charge in [0.05, 0.1) is 17.6 Å². The Labute approximate surface area is 191 Å². The molecule has 0 spiro atoms. The molecule has 4 rings (SSSR count). The molecular formula is C24H26N6O3. The molecule has 4 aromatic rings. The summed E-state index contributed by atoms with van der Waals surface area (Å²) in [7, 11) is 1.86. The predicted molar refractivity (Wildman–Crippen MR) is 126 cm³/mol. The normalized spacial score (nSPS) is 11.3. The average molecular weight is 447 g/mol. The van der Waals surface area contributed by atoms with Crippen LogP contribution in [0.5, 0.6) is 11.5 Å². The van der Waals surface area contributed by atoms with E-state index >= 15 is 0 Å². The lowest BCUT2D eigenvalue weighted by Gasteiger charge is -2.12. The van der Waals surface area contributed by atoms with Crippen molar-refractivity contribution in [3.05, 3.63) is 66.2 Å². The lowest BCUT2D eigenvalue weighted by molar-refractivity contribution is 0.261. The lowest BCUT2D eigenvalue weighted by atomic mass is 9.92. The topological polar surface area (TPSA) is 107 Å². The highest BCUT2D eigenvalue weighted by molar-refractivity contribution is 5.98. The number of rotatable bonds is 5. The molecule has 0 atom stereocenters. The highest BCUT2D eigenvalue weighted by Crippen LogP contribution is 2.31. The number of urea groups is 1. The van der Waals surface area contributed by atoms with Gasteiger partial charge in [0.2, 0.25) is 5.88 Å². The fourth-order valence-electron chi connectivity index (χ4n) is 3.16. The molecule has 0 aliphatic rings. The van der Waals surface area contributed by atoms with Crippen LogP contribution in [0, 0.1) is 6.92 Å². The highest BCUT2D eigenvalue weighted by atomic mass is 16.5. The lowest BCUT2D eigenvalue weighted by Crippen LogP contribution is -2.19. The van der Waals surface area contributed by atoms with Gasteiger partial charge in [-0.15, -0.1) is 0 Å². The molecule has 33 heavy (non-hydrogen) atoms. The first-order valence-corrected chi connectivity index (χ1v) is 10.5. The van der Waals surface area contributed by atoms with Crippen molar-refractivity contribution in [2.75, 3.05) is 10.6 Å². The van der Waals surface area contributed by atoms with Crippen LogP contribution < -0.4 is 15.4 Å². The molecule has 0 aliphatic carbocycles. The largest absolute Gasteiger partial charge is 0.457 e. The van der Waals surface area contributed by atoms with Crippen LogP contribution in [-0.4, -0.2) is 26.0 Å². The van der Waals surface area contributed by atoms with Gasteiger partial charge in [-0.1, -0.05) is 25.9 Å². The molecule has 0 unspecified atom stereocenters. The molecule has 1 aromatic carbocycles. The minimum absolute atomic E-state index is 0.165. The number of aryl methyl sites for hydroxylation is 1. The van der Waals surface area contributed by atoms with Crippen molar-refractivity contribution in [3.63, 3.8) is 0 Å². The number of anilines is 2. The van der Waals surface area contributed by atoms with Crippen LogP contribution in [0.2, 0.25) is 0 Å². The minimum atomic E-state index is -0.425. The minimum Gasteiger partial charge on any atom is -0.457 e. The van der Waals surface area contributed by atoms with Crippen LogP contribution >= 0.6 is 0 Å². The zero-order chi connectivity index (χ0) is 23.6. The van der Waals surface area contributed by atoms with Crippen molar-refractivity contribution in [3.8, 4) is 22.8 Å². The number of pyridine rings is 1. The van der Waals surface area contributed by atoms with Gasteiger partial charge < -0.3 is 14.6 Å². The van der Waals surface area contributed by atoms with E-state index in [-0.39, 0.29) is 11.3 Å². The standard InChI is InChI=1S/C24H26N6O3/c1-15-19(10-11-25-22(15)16-13-26-30(5)14-16)32-18-8-6-17(7-9-18)27-23(31)28-21-12-20(29-33-21)24(2,3)4/h6-14H,1-5H3,(H2,27,28,31). The Morgan fingerprint density at radius 1 is 1.12 bits per heavy atom. The summed E-state index contributed by atoms with van der Waals surface area (Å²) in [5.41, 5.74) is 3.86. The first-order chi connectivity index (χ1) is 15.7. The first kappa shape index (κ1) is 22.1. The van der Waals surface area contributed by atoms with Crippen LogP contribution in [0.1, 0.15) is 32.0 Å². The summed E-state index contributed by atoms with van der Waals surface area (Å²) in [5, 5.41) is 13.6. The van der Waals surface area contributed by atoms with E-state index < -0.39 is 6.03 Å². The van der Waals surface area contributed by atoms with Crippen molar-refractivity contribution in [2.45, 2.75) is 33.1 Å². The molecule has 0 saturated carbocycles. The van der Waals surface area contributed by atoms with Crippen LogP contribution in [0.15, 0.2) is 59.5 Å². The Kier molecular flexibility index (Phi) is 5.87. The first-order valence-electron chi connectivity index (χ1n) is 10.5. The Morgan fingerprint density at radius 2 is 1.88 bits per heavy atom. The average Bonchev–Trinajstić information content (AvgIpc) is 3.40. The molecule has 170 valence electrons. The fraction of sp³-hybridized carbons (Fsp3) is 0.250. The molecule has 9 nitrogen and oxygen atoms in total. The second kappa shape index (κ2) is 8.78. The van der Waals surface area contributed by atoms with Gasteiger partial charge in [-0.25, -0.2) is 4.79 Å². The van der Waals surface area contributed by atoms with E-state index in [4.69, 9.17) is 9.26 Å². The summed E-state index contributed by atoms with van der Waals surface area (Å²) < 4.78 is 13.0. The number of hydrogen-bond acceptors (Lipinski definition) is 6. The second-order valence-corrected chi connectivity index (χ2v) is 8.72. The van der Waals surface area contributed by atoms with E-state index in [0.29, 0.717) is 17.2 Å². The van der Waals surface area contributed by atoms with Gasteiger partial charge >= 0.3 is 6.03 Å². The number of amides is 2. The number of nitrogens with zero attached hydrogens (tertiary/aromatic N) is 4. The molecular weight excluding hydrogens is 420 g/mol. The summed E-state index contributed by atoms with van der Waals surface area (Å²) in [6, 6.07) is 10.2. The van der Waals surface area contributed by atoms with Gasteiger partial charge in [0, 0.05) is 47.7 Å². The maximum Gasteiger partial charge on any atom is 0.326 e. The van der Waals surface area contributed by atoms with Gasteiger partial charge in [-0.05, 0) is 37.3 Å². The Hall–Kier alpha value is -4.14. The van der Waals surface area contributed by atoms with Crippen molar-refractivity contribution >= 4 is 17.6 Å². The predicted octanol–water partition coefficient (Wildman–Crippen LogP) is 5.51. The maximum absolute atomic E-state index is 12.3. The second-order valence-electron chi connectivity index (χ2n) is 8.72. The van der Waals surface area contributed by atoms with Gasteiger partial charge in [0.15, 0.2) is 0 Å². The number of aromatic nitrogens is 4. The number of ether oxygens (including phenoxy) is 1. The van der Waals surface area contributed by atoms with Crippen LogP contribution in [0.4, 0.5) is 16.4 Å². The highest BCUT2D eigenvalue weighted by Gasteiger charge is 2.19. The van der Waals surface area contributed by atoms with Gasteiger partial charge in [-0.3, -0.25) is 15.0 Å². The molecule has 3 aromatic heterocycles. The summed E-state index contributed by atoms with van der Waals surface area (Å²) in [6.07, 6.45) is 5.39. The molecule has 0 aliphatic heterocycles. The zero-order valence-electron chi connectivity index (χ0n) is 19.2. The Balaban J connectivity index is 1.40. The number of carbonyl (C=O) groups excluding carboxylic acids is 1. The monoisotopic (exact) mass is 446 g/mol. The van der Waals surface area contributed by atoms with E-state index in [1.54, 1.807) is 47.4 Å². The molecule has 0 fully saturated rings. The van der Waals surface area contributed by atoms with E-state index in [9.17, 15) is 4.79 Å². The molecule has 0 radical (unpaired) electrons. The number of benzene rings is 1. The Bertz CT molecular complexity index is 1270. The number of carbonyl (C=O) groups is 1. The van der Waals surface area contributed by atoms with E-state index in [1.165, 1.54) is 0 Å². The van der Waals surface area contributed by atoms with E-state index in [2.05, 4.69) is 25.9 Å². The van der Waals surface area contributed by atoms with Gasteiger partial charge in [-0.2, -0.15) is 5.10 Å². The quantitative estimate of drug-likeness (QED) is 0.418. The molecule has 0 saturated heterocycles. The molecule has 0 bridgehead atoms. The molecule has 2 amide bonds. The third kappa shape index (κ3) is 5.20. The number of hydrogen-bond donors (Lipinski definition) is 2. The summed E-state index contributed by atoms with van der Waals surface area (Å²) in [4.78, 5) is 16.7. The van der Waals surface area contributed by atoms with Crippen molar-refractivity contribution in [1.29, 1.82) is 0 Å². The SMILES string of the molecule is Cc1c(Oc2ccc(NC(=O)Nc3cc(C(C)(C)C)no3)cc2)ccnc1-c1cnn(C)c1. The zero-order valence-corrected chi connectivity index (χ0v) is 19.2. The van der Waals surface area contributed by atoms with Crippen LogP contribution in [0.3, 0.4) is 0 Å². The van der Waals surface area contributed by atoms with E-state index in [0.717, 1.165) is 22.5 Å². The third-order valence-electron chi connectivity index (χ3n) is 4.99. The van der Waals surface area contributed by atoms with Crippen molar-refractivity contribution in [1.82, 2.24) is 19.9 Å². The molecule has 9 heteroatoms. The summed E-state index contributed by atoms with van der Waals surface area (Å²) in [6.45, 7) is 8.02. The smallest absolute Gasteiger partial charge is 0.326 e. The summed E-state index contributed by atoms with van der Waals surface area (Å²) >= 11 is 0. The summed E-state index contributed by atoms with van der Waals surface area (Å²) in [5.74, 6) is 1.62. The van der Waals surface area contributed by atoms with Gasteiger partial charge in [0.25, 0.3) is 0 Å². The number of nitrogens with one attached hydrogen (secondary N) is 2.